The monoisotopic (exact) mass is 174 g/mol. The predicted molar refractivity (Wildman–Crippen MR) is 40.0 cm³/mol. The lowest BCUT2D eigenvalue weighted by atomic mass is 10.9. The van der Waals surface area contributed by atoms with E-state index in [4.69, 9.17) is 27.4 Å². The summed E-state index contributed by atoms with van der Waals surface area (Å²) in [6, 6.07) is 0. The predicted octanol–water partition coefficient (Wildman–Crippen LogP) is 2.81. The van der Waals surface area contributed by atoms with Gasteiger partial charge in [0.2, 0.25) is 0 Å². The quantitative estimate of drug-likeness (QED) is 0.471. The number of rotatable bonds is 4. The third-order valence-corrected chi connectivity index (χ3v) is 2.68. The van der Waals surface area contributed by atoms with Gasteiger partial charge in [-0.25, -0.2) is 0 Å². The summed E-state index contributed by atoms with van der Waals surface area (Å²) in [6.07, 6.45) is 0.897. The molecule has 1 nitrogen and oxygen atoms in total. The highest BCUT2D eigenvalue weighted by molar-refractivity contribution is 7.80. The standard InChI is InChI=1S/C4H9Cl2OP/c1-2-8(6)7-4-3-5/h2-4H2,1H3. The van der Waals surface area contributed by atoms with Crippen molar-refractivity contribution < 1.29 is 4.52 Å². The van der Waals surface area contributed by atoms with Crippen LogP contribution in [-0.4, -0.2) is 18.6 Å². The van der Waals surface area contributed by atoms with Crippen molar-refractivity contribution in [1.82, 2.24) is 0 Å². The molecule has 0 aromatic heterocycles. The van der Waals surface area contributed by atoms with Crippen LogP contribution in [0.15, 0.2) is 0 Å². The molecule has 0 aliphatic carbocycles. The normalized spacial score (nSPS) is 13.9. The Bertz CT molecular complexity index is 53.3. The second kappa shape index (κ2) is 6.10. The Hall–Kier alpha value is 0.970. The van der Waals surface area contributed by atoms with Crippen LogP contribution in [0.5, 0.6) is 0 Å². The van der Waals surface area contributed by atoms with E-state index in [2.05, 4.69) is 0 Å². The molecule has 50 valence electrons. The lowest BCUT2D eigenvalue weighted by Crippen LogP contribution is -1.87. The molecular weight excluding hydrogens is 166 g/mol. The molecule has 0 rings (SSSR count). The van der Waals surface area contributed by atoms with Gasteiger partial charge in [-0.2, -0.15) is 0 Å². The van der Waals surface area contributed by atoms with Gasteiger partial charge in [-0.05, 0) is 0 Å². The average Bonchev–Trinajstić information content (AvgIpc) is 1.83. The minimum Gasteiger partial charge on any atom is -0.342 e. The molecule has 0 saturated carbocycles. The maximum atomic E-state index is 5.63. The molecule has 8 heavy (non-hydrogen) atoms. The van der Waals surface area contributed by atoms with Crippen molar-refractivity contribution in [1.29, 1.82) is 0 Å². The summed E-state index contributed by atoms with van der Waals surface area (Å²) >= 11 is 11.0. The van der Waals surface area contributed by atoms with Crippen molar-refractivity contribution in [3.8, 4) is 0 Å². The molecule has 1 atom stereocenters. The van der Waals surface area contributed by atoms with E-state index in [9.17, 15) is 0 Å². The Morgan fingerprint density at radius 3 is 2.62 bits per heavy atom. The van der Waals surface area contributed by atoms with Crippen molar-refractivity contribution in [2.45, 2.75) is 6.92 Å². The van der Waals surface area contributed by atoms with Crippen LogP contribution in [0.2, 0.25) is 0 Å². The molecule has 0 aromatic rings. The van der Waals surface area contributed by atoms with Crippen molar-refractivity contribution >= 4 is 30.3 Å². The van der Waals surface area contributed by atoms with E-state index >= 15 is 0 Å². The lowest BCUT2D eigenvalue weighted by Gasteiger charge is -2.03. The molecule has 4 heteroatoms. The minimum absolute atomic E-state index is 0.533. The SMILES string of the molecule is CCP(Cl)OCCCl. The Morgan fingerprint density at radius 1 is 1.62 bits per heavy atom. The topological polar surface area (TPSA) is 9.23 Å². The van der Waals surface area contributed by atoms with Crippen LogP contribution in [0.3, 0.4) is 0 Å². The molecule has 0 fully saturated rings. The maximum Gasteiger partial charge on any atom is 0.124 e. The molecule has 0 aliphatic heterocycles. The fraction of sp³-hybridized carbons (Fsp3) is 1.00. The fourth-order valence-electron chi connectivity index (χ4n) is 0.225. The van der Waals surface area contributed by atoms with Crippen LogP contribution in [0.1, 0.15) is 6.92 Å². The van der Waals surface area contributed by atoms with Gasteiger partial charge < -0.3 is 4.52 Å². The van der Waals surface area contributed by atoms with E-state index in [1.807, 2.05) is 6.92 Å². The summed E-state index contributed by atoms with van der Waals surface area (Å²) in [6.45, 7) is 2.57. The van der Waals surface area contributed by atoms with Gasteiger partial charge in [-0.1, -0.05) is 18.2 Å². The third-order valence-electron chi connectivity index (χ3n) is 0.557. The molecule has 0 N–H and O–H groups in total. The van der Waals surface area contributed by atoms with Gasteiger partial charge in [0.25, 0.3) is 0 Å². The molecule has 0 aromatic carbocycles. The smallest absolute Gasteiger partial charge is 0.124 e. The summed E-state index contributed by atoms with van der Waals surface area (Å²) in [5.41, 5.74) is 0. The Labute approximate surface area is 60.9 Å². The first-order valence-corrected chi connectivity index (χ1v) is 5.32. The summed E-state index contributed by atoms with van der Waals surface area (Å²) in [7, 11) is -0.696. The van der Waals surface area contributed by atoms with Gasteiger partial charge in [-0.15, -0.1) is 11.6 Å². The lowest BCUT2D eigenvalue weighted by molar-refractivity contribution is 0.389. The van der Waals surface area contributed by atoms with Crippen LogP contribution in [0, 0.1) is 0 Å². The van der Waals surface area contributed by atoms with Crippen molar-refractivity contribution in [3.05, 3.63) is 0 Å². The van der Waals surface area contributed by atoms with Gasteiger partial charge in [0.1, 0.15) is 7.50 Å². The van der Waals surface area contributed by atoms with E-state index in [0.717, 1.165) is 6.16 Å². The summed E-state index contributed by atoms with van der Waals surface area (Å²) in [5.74, 6) is 0.533. The third kappa shape index (κ3) is 5.11. The minimum atomic E-state index is -0.696. The van der Waals surface area contributed by atoms with Crippen LogP contribution < -0.4 is 0 Å². The summed E-state index contributed by atoms with van der Waals surface area (Å²) in [4.78, 5) is 0. The fourth-order valence-corrected chi connectivity index (χ4v) is 1.09. The molecule has 0 bridgehead atoms. The van der Waals surface area contributed by atoms with Crippen LogP contribution in [0.4, 0.5) is 0 Å². The molecular formula is C4H9Cl2OP. The summed E-state index contributed by atoms with van der Waals surface area (Å²) in [5, 5.41) is 0. The Morgan fingerprint density at radius 2 is 2.25 bits per heavy atom. The van der Waals surface area contributed by atoms with E-state index in [1.165, 1.54) is 0 Å². The van der Waals surface area contributed by atoms with Crippen molar-refractivity contribution in [2.24, 2.45) is 0 Å². The largest absolute Gasteiger partial charge is 0.342 e. The number of alkyl halides is 1. The highest BCUT2D eigenvalue weighted by Gasteiger charge is 1.97. The van der Waals surface area contributed by atoms with Gasteiger partial charge in [0, 0.05) is 12.0 Å². The highest BCUT2D eigenvalue weighted by Crippen LogP contribution is 2.41. The van der Waals surface area contributed by atoms with E-state index in [1.54, 1.807) is 0 Å². The Balaban J connectivity index is 2.86. The van der Waals surface area contributed by atoms with Crippen LogP contribution >= 0.6 is 30.3 Å². The van der Waals surface area contributed by atoms with Crippen LogP contribution in [-0.2, 0) is 4.52 Å². The maximum absolute atomic E-state index is 5.63. The van der Waals surface area contributed by atoms with Crippen molar-refractivity contribution in [2.75, 3.05) is 18.6 Å². The number of halogens is 2. The molecule has 0 spiro atoms. The van der Waals surface area contributed by atoms with Crippen LogP contribution in [0.25, 0.3) is 0 Å². The van der Waals surface area contributed by atoms with Gasteiger partial charge in [0.05, 0.1) is 6.61 Å². The second-order valence-corrected chi connectivity index (χ2v) is 4.19. The Kier molecular flexibility index (Phi) is 6.83. The molecule has 1 unspecified atom stereocenters. The number of hydrogen-bond acceptors (Lipinski definition) is 1. The van der Waals surface area contributed by atoms with E-state index in [0.29, 0.717) is 12.5 Å². The zero-order valence-electron chi connectivity index (χ0n) is 4.73. The van der Waals surface area contributed by atoms with E-state index < -0.39 is 7.50 Å². The zero-order valence-corrected chi connectivity index (χ0v) is 7.14. The molecule has 0 heterocycles. The molecule has 0 amide bonds. The van der Waals surface area contributed by atoms with Gasteiger partial charge in [0.15, 0.2) is 0 Å². The highest BCUT2D eigenvalue weighted by atomic mass is 35.7. The first-order chi connectivity index (χ1) is 3.81. The first-order valence-electron chi connectivity index (χ1n) is 2.43. The van der Waals surface area contributed by atoms with E-state index in [-0.39, 0.29) is 0 Å². The first kappa shape index (κ1) is 8.97. The van der Waals surface area contributed by atoms with Crippen molar-refractivity contribution in [3.63, 3.8) is 0 Å². The zero-order chi connectivity index (χ0) is 6.41. The van der Waals surface area contributed by atoms with Gasteiger partial charge >= 0.3 is 0 Å². The summed E-state index contributed by atoms with van der Waals surface area (Å²) < 4.78 is 5.04. The second-order valence-electron chi connectivity index (χ2n) is 1.16. The van der Waals surface area contributed by atoms with Gasteiger partial charge in [-0.3, -0.25) is 0 Å². The molecule has 0 saturated heterocycles. The molecule has 0 radical (unpaired) electrons. The number of hydrogen-bond donors (Lipinski definition) is 0. The molecule has 0 aliphatic rings. The average molecular weight is 175 g/mol.